The second-order valence-electron chi connectivity index (χ2n) is 7.95. The van der Waals surface area contributed by atoms with Crippen LogP contribution in [0.1, 0.15) is 35.7 Å². The topological polar surface area (TPSA) is 71.2 Å². The number of pyridine rings is 1. The predicted molar refractivity (Wildman–Crippen MR) is 126 cm³/mol. The molecule has 1 amide bonds. The Hall–Kier alpha value is -3.57. The van der Waals surface area contributed by atoms with Crippen LogP contribution in [0.5, 0.6) is 0 Å². The number of aromatic nitrogens is 1. The maximum atomic E-state index is 12.6. The van der Waals surface area contributed by atoms with E-state index in [0.717, 1.165) is 16.5 Å². The van der Waals surface area contributed by atoms with E-state index >= 15 is 0 Å². The first-order chi connectivity index (χ1) is 15.5. The van der Waals surface area contributed by atoms with E-state index in [9.17, 15) is 9.59 Å². The van der Waals surface area contributed by atoms with Crippen molar-refractivity contribution in [1.29, 1.82) is 0 Å². The summed E-state index contributed by atoms with van der Waals surface area (Å²) < 4.78 is 5.61. The minimum Gasteiger partial charge on any atom is -0.449 e. The number of alkyl carbamates (subject to hydrolysis) is 1. The van der Waals surface area contributed by atoms with Gasteiger partial charge in [-0.3, -0.25) is 4.79 Å². The molecule has 0 spiro atoms. The standard InChI is InChI=1S/C26H21ClN2O3/c1-15(23-13-16-7-6-12-22(27)24(16)25(30)29-23)28-26(31)32-14-21-19-10-4-2-8-17(19)18-9-3-5-11-20(18)21/h2-13,15,21H,14H2,1H3,(H,28,31)(H,29,30). The Labute approximate surface area is 190 Å². The van der Waals surface area contributed by atoms with Crippen molar-refractivity contribution in [2.24, 2.45) is 0 Å². The molecule has 1 aliphatic carbocycles. The quantitative estimate of drug-likeness (QED) is 0.419. The van der Waals surface area contributed by atoms with E-state index in [-0.39, 0.29) is 18.1 Å². The Morgan fingerprint density at radius 3 is 2.38 bits per heavy atom. The molecular weight excluding hydrogens is 424 g/mol. The van der Waals surface area contributed by atoms with Gasteiger partial charge in [-0.1, -0.05) is 72.3 Å². The fraction of sp³-hybridized carbons (Fsp3) is 0.154. The Kier molecular flexibility index (Phi) is 5.19. The van der Waals surface area contributed by atoms with Crippen LogP contribution in [0.15, 0.2) is 77.6 Å². The third-order valence-corrected chi connectivity index (χ3v) is 6.30. The maximum Gasteiger partial charge on any atom is 0.407 e. The molecule has 5 rings (SSSR count). The SMILES string of the molecule is CC(NC(=O)OCC1c2ccccc2-c2ccccc21)c1cc2cccc(Cl)c2c(=O)[nH]1. The molecule has 0 fully saturated rings. The smallest absolute Gasteiger partial charge is 0.407 e. The van der Waals surface area contributed by atoms with Gasteiger partial charge in [-0.2, -0.15) is 0 Å². The highest BCUT2D eigenvalue weighted by molar-refractivity contribution is 6.35. The van der Waals surface area contributed by atoms with Crippen molar-refractivity contribution in [2.45, 2.75) is 18.9 Å². The van der Waals surface area contributed by atoms with Gasteiger partial charge in [-0.25, -0.2) is 4.79 Å². The number of amides is 1. The highest BCUT2D eigenvalue weighted by atomic mass is 35.5. The van der Waals surface area contributed by atoms with Gasteiger partial charge in [0, 0.05) is 11.6 Å². The van der Waals surface area contributed by atoms with Gasteiger partial charge in [0.2, 0.25) is 0 Å². The normalized spacial score (nSPS) is 13.4. The molecular formula is C26H21ClN2O3. The maximum absolute atomic E-state index is 12.6. The Bertz CT molecular complexity index is 1350. The molecule has 0 radical (unpaired) electrons. The second kappa shape index (κ2) is 8.17. The van der Waals surface area contributed by atoms with E-state index in [0.29, 0.717) is 16.1 Å². The molecule has 0 saturated carbocycles. The average Bonchev–Trinajstić information content (AvgIpc) is 3.11. The molecule has 6 heteroatoms. The van der Waals surface area contributed by atoms with Crippen molar-refractivity contribution in [3.63, 3.8) is 0 Å². The second-order valence-corrected chi connectivity index (χ2v) is 8.36. The molecule has 0 saturated heterocycles. The van der Waals surface area contributed by atoms with Crippen molar-refractivity contribution >= 4 is 28.5 Å². The summed E-state index contributed by atoms with van der Waals surface area (Å²) in [5, 5.41) is 4.36. The zero-order valence-corrected chi connectivity index (χ0v) is 18.1. The van der Waals surface area contributed by atoms with Gasteiger partial charge < -0.3 is 15.0 Å². The number of halogens is 1. The van der Waals surface area contributed by atoms with Gasteiger partial charge in [0.15, 0.2) is 0 Å². The lowest BCUT2D eigenvalue weighted by atomic mass is 9.98. The molecule has 1 heterocycles. The number of rotatable bonds is 4. The van der Waals surface area contributed by atoms with Crippen molar-refractivity contribution in [2.75, 3.05) is 6.61 Å². The summed E-state index contributed by atoms with van der Waals surface area (Å²) >= 11 is 6.14. The van der Waals surface area contributed by atoms with Crippen LogP contribution < -0.4 is 10.9 Å². The molecule has 4 aromatic rings. The molecule has 1 atom stereocenters. The number of benzene rings is 3. The van der Waals surface area contributed by atoms with Gasteiger partial charge in [-0.15, -0.1) is 0 Å². The molecule has 0 bridgehead atoms. The zero-order valence-electron chi connectivity index (χ0n) is 17.4. The van der Waals surface area contributed by atoms with Gasteiger partial charge in [-0.05, 0) is 46.7 Å². The first-order valence-electron chi connectivity index (χ1n) is 10.5. The van der Waals surface area contributed by atoms with Crippen molar-refractivity contribution < 1.29 is 9.53 Å². The fourth-order valence-corrected chi connectivity index (χ4v) is 4.69. The van der Waals surface area contributed by atoms with E-state index < -0.39 is 12.1 Å². The van der Waals surface area contributed by atoms with Crippen LogP contribution in [0, 0.1) is 0 Å². The number of hydrogen-bond acceptors (Lipinski definition) is 3. The summed E-state index contributed by atoms with van der Waals surface area (Å²) in [6.07, 6.45) is -0.536. The summed E-state index contributed by atoms with van der Waals surface area (Å²) in [5.41, 5.74) is 4.97. The number of H-pyrrole nitrogens is 1. The van der Waals surface area contributed by atoms with E-state index in [1.165, 1.54) is 11.1 Å². The van der Waals surface area contributed by atoms with Crippen LogP contribution >= 0.6 is 11.6 Å². The van der Waals surface area contributed by atoms with Crippen molar-refractivity contribution in [3.8, 4) is 11.1 Å². The molecule has 2 N–H and O–H groups in total. The molecule has 160 valence electrons. The van der Waals surface area contributed by atoms with Crippen LogP contribution in [-0.2, 0) is 4.74 Å². The third-order valence-electron chi connectivity index (χ3n) is 5.99. The number of aromatic amines is 1. The van der Waals surface area contributed by atoms with Crippen molar-refractivity contribution in [3.05, 3.63) is 105 Å². The number of carbonyl (C=O) groups excluding carboxylic acids is 1. The Morgan fingerprint density at radius 2 is 1.69 bits per heavy atom. The number of nitrogens with one attached hydrogen (secondary N) is 2. The van der Waals surface area contributed by atoms with Crippen LogP contribution in [0.3, 0.4) is 0 Å². The minimum atomic E-state index is -0.536. The molecule has 1 unspecified atom stereocenters. The largest absolute Gasteiger partial charge is 0.449 e. The number of carbonyl (C=O) groups is 1. The van der Waals surface area contributed by atoms with Crippen molar-refractivity contribution in [1.82, 2.24) is 10.3 Å². The monoisotopic (exact) mass is 444 g/mol. The van der Waals surface area contributed by atoms with Crippen LogP contribution in [0.2, 0.25) is 5.02 Å². The molecule has 1 aliphatic rings. The fourth-order valence-electron chi connectivity index (χ4n) is 4.43. The number of hydrogen-bond donors (Lipinski definition) is 2. The third kappa shape index (κ3) is 3.55. The van der Waals surface area contributed by atoms with Gasteiger partial charge in [0.1, 0.15) is 6.61 Å². The van der Waals surface area contributed by atoms with Gasteiger partial charge >= 0.3 is 6.09 Å². The highest BCUT2D eigenvalue weighted by Crippen LogP contribution is 2.44. The Morgan fingerprint density at radius 1 is 1.03 bits per heavy atom. The van der Waals surface area contributed by atoms with Crippen LogP contribution in [-0.4, -0.2) is 17.7 Å². The lowest BCUT2D eigenvalue weighted by molar-refractivity contribution is 0.139. The lowest BCUT2D eigenvalue weighted by Crippen LogP contribution is -2.30. The summed E-state index contributed by atoms with van der Waals surface area (Å²) in [6, 6.07) is 23.0. The zero-order chi connectivity index (χ0) is 22.2. The van der Waals surface area contributed by atoms with Crippen LogP contribution in [0.4, 0.5) is 4.79 Å². The van der Waals surface area contributed by atoms with Crippen LogP contribution in [0.25, 0.3) is 21.9 Å². The molecule has 3 aromatic carbocycles. The highest BCUT2D eigenvalue weighted by Gasteiger charge is 2.29. The van der Waals surface area contributed by atoms with Gasteiger partial charge in [0.25, 0.3) is 5.56 Å². The minimum absolute atomic E-state index is 0.00826. The Balaban J connectivity index is 1.31. The van der Waals surface area contributed by atoms with E-state index in [1.807, 2.05) is 36.4 Å². The molecule has 0 aliphatic heterocycles. The van der Waals surface area contributed by atoms with E-state index in [4.69, 9.17) is 16.3 Å². The van der Waals surface area contributed by atoms with Gasteiger partial charge in [0.05, 0.1) is 16.5 Å². The van der Waals surface area contributed by atoms with E-state index in [1.54, 1.807) is 19.1 Å². The summed E-state index contributed by atoms with van der Waals surface area (Å²) in [7, 11) is 0. The molecule has 32 heavy (non-hydrogen) atoms. The molecule has 1 aromatic heterocycles. The summed E-state index contributed by atoms with van der Waals surface area (Å²) in [6.45, 7) is 2.03. The summed E-state index contributed by atoms with van der Waals surface area (Å²) in [5.74, 6) is -0.00826. The van der Waals surface area contributed by atoms with E-state index in [2.05, 4.69) is 34.6 Å². The number of ether oxygens (including phenoxy) is 1. The predicted octanol–water partition coefficient (Wildman–Crippen LogP) is 5.78. The average molecular weight is 445 g/mol. The molecule has 5 nitrogen and oxygen atoms in total. The first kappa shape index (κ1) is 20.3. The number of fused-ring (bicyclic) bond motifs is 4. The summed E-state index contributed by atoms with van der Waals surface area (Å²) in [4.78, 5) is 27.8. The lowest BCUT2D eigenvalue weighted by Gasteiger charge is -2.17. The first-order valence-corrected chi connectivity index (χ1v) is 10.8.